The van der Waals surface area contributed by atoms with Crippen molar-refractivity contribution in [1.29, 1.82) is 0 Å². The van der Waals surface area contributed by atoms with Crippen LogP contribution in [0.2, 0.25) is 0 Å². The lowest BCUT2D eigenvalue weighted by molar-refractivity contribution is -0.138. The SMILES string of the molecule is COc1ccccc1CNC(=O)CSC[C@@H](N)C(=O)O. The van der Waals surface area contributed by atoms with Gasteiger partial charge < -0.3 is 20.9 Å². The highest BCUT2D eigenvalue weighted by molar-refractivity contribution is 8.00. The number of carbonyl (C=O) groups is 2. The lowest BCUT2D eigenvalue weighted by atomic mass is 10.2. The number of hydrogen-bond acceptors (Lipinski definition) is 5. The van der Waals surface area contributed by atoms with E-state index in [9.17, 15) is 9.59 Å². The second-order valence-electron chi connectivity index (χ2n) is 4.05. The number of carbonyl (C=O) groups excluding carboxylic acids is 1. The molecule has 0 aromatic heterocycles. The van der Waals surface area contributed by atoms with Gasteiger partial charge in [-0.25, -0.2) is 0 Å². The van der Waals surface area contributed by atoms with Crippen LogP contribution in [0.3, 0.4) is 0 Å². The molecule has 0 fully saturated rings. The zero-order chi connectivity index (χ0) is 15.0. The number of carboxylic acid groups (broad SMARTS) is 1. The van der Waals surface area contributed by atoms with Gasteiger partial charge in [0.05, 0.1) is 12.9 Å². The Morgan fingerprint density at radius 3 is 2.80 bits per heavy atom. The number of carboxylic acids is 1. The predicted molar refractivity (Wildman–Crippen MR) is 77.8 cm³/mol. The Morgan fingerprint density at radius 1 is 1.45 bits per heavy atom. The largest absolute Gasteiger partial charge is 0.496 e. The first kappa shape index (κ1) is 16.3. The molecule has 4 N–H and O–H groups in total. The molecule has 1 aromatic carbocycles. The molecule has 110 valence electrons. The van der Waals surface area contributed by atoms with Crippen molar-refractivity contribution in [3.63, 3.8) is 0 Å². The predicted octanol–water partition coefficient (Wildman–Crippen LogP) is 0.456. The Bertz CT molecular complexity index is 467. The van der Waals surface area contributed by atoms with E-state index in [1.54, 1.807) is 7.11 Å². The first-order valence-corrected chi connectivity index (χ1v) is 7.14. The first-order valence-electron chi connectivity index (χ1n) is 5.99. The van der Waals surface area contributed by atoms with Crippen LogP contribution < -0.4 is 15.8 Å². The summed E-state index contributed by atoms with van der Waals surface area (Å²) in [6.07, 6.45) is 0. The molecule has 0 aliphatic heterocycles. The van der Waals surface area contributed by atoms with Gasteiger partial charge in [-0.2, -0.15) is 0 Å². The van der Waals surface area contributed by atoms with Crippen molar-refractivity contribution < 1.29 is 19.4 Å². The Labute approximate surface area is 121 Å². The molecule has 0 radical (unpaired) electrons. The second-order valence-corrected chi connectivity index (χ2v) is 5.08. The number of benzene rings is 1. The molecule has 1 aromatic rings. The van der Waals surface area contributed by atoms with Gasteiger partial charge in [0.1, 0.15) is 11.8 Å². The second kappa shape index (κ2) is 8.44. The van der Waals surface area contributed by atoms with Gasteiger partial charge in [-0.05, 0) is 6.07 Å². The zero-order valence-electron chi connectivity index (χ0n) is 11.2. The van der Waals surface area contributed by atoms with Crippen molar-refractivity contribution >= 4 is 23.6 Å². The van der Waals surface area contributed by atoms with Gasteiger partial charge >= 0.3 is 5.97 Å². The number of methoxy groups -OCH3 is 1. The Morgan fingerprint density at radius 2 is 2.15 bits per heavy atom. The summed E-state index contributed by atoms with van der Waals surface area (Å²) in [5, 5.41) is 11.4. The molecule has 0 saturated heterocycles. The summed E-state index contributed by atoms with van der Waals surface area (Å²) < 4.78 is 5.18. The molecule has 0 bridgehead atoms. The Balaban J connectivity index is 2.31. The molecule has 7 heteroatoms. The third-order valence-corrected chi connectivity index (χ3v) is 3.58. The van der Waals surface area contributed by atoms with Crippen molar-refractivity contribution in [2.45, 2.75) is 12.6 Å². The van der Waals surface area contributed by atoms with E-state index in [1.165, 1.54) is 11.8 Å². The van der Waals surface area contributed by atoms with E-state index >= 15 is 0 Å². The van der Waals surface area contributed by atoms with E-state index < -0.39 is 12.0 Å². The maximum Gasteiger partial charge on any atom is 0.321 e. The number of thioether (sulfide) groups is 1. The molecule has 0 aliphatic carbocycles. The van der Waals surface area contributed by atoms with Crippen LogP contribution in [-0.4, -0.2) is 41.6 Å². The molecular weight excluding hydrogens is 280 g/mol. The van der Waals surface area contributed by atoms with E-state index in [2.05, 4.69) is 5.32 Å². The van der Waals surface area contributed by atoms with Crippen LogP contribution in [0.5, 0.6) is 5.75 Å². The van der Waals surface area contributed by atoms with E-state index in [0.717, 1.165) is 5.56 Å². The molecule has 20 heavy (non-hydrogen) atoms. The summed E-state index contributed by atoms with van der Waals surface area (Å²) in [7, 11) is 1.57. The number of aliphatic carboxylic acids is 1. The number of ether oxygens (including phenoxy) is 1. The van der Waals surface area contributed by atoms with Crippen molar-refractivity contribution in [3.05, 3.63) is 29.8 Å². The molecule has 1 rings (SSSR count). The van der Waals surface area contributed by atoms with Crippen LogP contribution in [0.1, 0.15) is 5.56 Å². The van der Waals surface area contributed by atoms with E-state index in [-0.39, 0.29) is 17.4 Å². The summed E-state index contributed by atoms with van der Waals surface area (Å²) in [5.41, 5.74) is 6.22. The fourth-order valence-electron chi connectivity index (χ4n) is 1.44. The van der Waals surface area contributed by atoms with Crippen LogP contribution in [0.4, 0.5) is 0 Å². The lowest BCUT2D eigenvalue weighted by Crippen LogP contribution is -2.33. The van der Waals surface area contributed by atoms with Crippen LogP contribution in [0.15, 0.2) is 24.3 Å². The summed E-state index contributed by atoms with van der Waals surface area (Å²) >= 11 is 1.19. The fourth-order valence-corrected chi connectivity index (χ4v) is 2.25. The first-order chi connectivity index (χ1) is 9.54. The van der Waals surface area contributed by atoms with Crippen molar-refractivity contribution in [3.8, 4) is 5.75 Å². The van der Waals surface area contributed by atoms with Crippen molar-refractivity contribution in [2.75, 3.05) is 18.6 Å². The van der Waals surface area contributed by atoms with Crippen LogP contribution in [0.25, 0.3) is 0 Å². The lowest BCUT2D eigenvalue weighted by Gasteiger charge is -2.10. The normalized spacial score (nSPS) is 11.7. The molecule has 0 aliphatic rings. The van der Waals surface area contributed by atoms with Crippen LogP contribution in [-0.2, 0) is 16.1 Å². The highest BCUT2D eigenvalue weighted by atomic mass is 32.2. The maximum absolute atomic E-state index is 11.6. The van der Waals surface area contributed by atoms with Crippen molar-refractivity contribution in [1.82, 2.24) is 5.32 Å². The molecular formula is C13H18N2O4S. The van der Waals surface area contributed by atoms with Crippen molar-refractivity contribution in [2.24, 2.45) is 5.73 Å². The fraction of sp³-hybridized carbons (Fsp3) is 0.385. The third kappa shape index (κ3) is 5.50. The van der Waals surface area contributed by atoms with E-state index in [1.807, 2.05) is 24.3 Å². The smallest absolute Gasteiger partial charge is 0.321 e. The number of nitrogens with one attached hydrogen (secondary N) is 1. The number of para-hydroxylation sites is 1. The minimum absolute atomic E-state index is 0.168. The average molecular weight is 298 g/mol. The van der Waals surface area contributed by atoms with Gasteiger partial charge in [-0.15, -0.1) is 11.8 Å². The number of rotatable bonds is 8. The standard InChI is InChI=1S/C13H18N2O4S/c1-19-11-5-3-2-4-9(11)6-15-12(16)8-20-7-10(14)13(17)18/h2-5,10H,6-8,14H2,1H3,(H,15,16)(H,17,18)/t10-/m1/s1. The van der Waals surface area contributed by atoms with E-state index in [4.69, 9.17) is 15.6 Å². The minimum Gasteiger partial charge on any atom is -0.496 e. The van der Waals surface area contributed by atoms with Gasteiger partial charge in [-0.1, -0.05) is 18.2 Å². The minimum atomic E-state index is -1.06. The topological polar surface area (TPSA) is 102 Å². The van der Waals surface area contributed by atoms with Crippen LogP contribution in [0, 0.1) is 0 Å². The molecule has 6 nitrogen and oxygen atoms in total. The summed E-state index contributed by atoms with van der Waals surface area (Å²) in [6.45, 7) is 0.369. The van der Waals surface area contributed by atoms with Gasteiger partial charge in [0.15, 0.2) is 0 Å². The summed E-state index contributed by atoms with van der Waals surface area (Å²) in [4.78, 5) is 22.1. The molecule has 1 amide bonds. The van der Waals surface area contributed by atoms with Gasteiger partial charge in [-0.3, -0.25) is 9.59 Å². The number of amides is 1. The third-order valence-electron chi connectivity index (χ3n) is 2.52. The summed E-state index contributed by atoms with van der Waals surface area (Å²) in [5.74, 6) is -0.133. The number of nitrogens with two attached hydrogens (primary N) is 1. The molecule has 0 heterocycles. The highest BCUT2D eigenvalue weighted by Crippen LogP contribution is 2.16. The van der Waals surface area contributed by atoms with E-state index in [0.29, 0.717) is 12.3 Å². The Kier molecular flexibility index (Phi) is 6.89. The molecule has 0 spiro atoms. The highest BCUT2D eigenvalue weighted by Gasteiger charge is 2.12. The molecule has 0 saturated carbocycles. The number of hydrogen-bond donors (Lipinski definition) is 3. The van der Waals surface area contributed by atoms with Gasteiger partial charge in [0, 0.05) is 17.9 Å². The molecule has 0 unspecified atom stereocenters. The maximum atomic E-state index is 11.6. The Hall–Kier alpha value is -1.73. The molecule has 1 atom stereocenters. The zero-order valence-corrected chi connectivity index (χ0v) is 12.0. The average Bonchev–Trinajstić information content (AvgIpc) is 2.45. The summed E-state index contributed by atoms with van der Waals surface area (Å²) in [6, 6.07) is 6.47. The quantitative estimate of drug-likeness (QED) is 0.644. The monoisotopic (exact) mass is 298 g/mol. The van der Waals surface area contributed by atoms with Gasteiger partial charge in [0.2, 0.25) is 5.91 Å². The van der Waals surface area contributed by atoms with Gasteiger partial charge in [0.25, 0.3) is 0 Å². The van der Waals surface area contributed by atoms with Crippen LogP contribution >= 0.6 is 11.8 Å².